The van der Waals surface area contributed by atoms with E-state index in [0.717, 1.165) is 16.0 Å². The van der Waals surface area contributed by atoms with Crippen LogP contribution in [0.3, 0.4) is 0 Å². The minimum atomic E-state index is -2.51. The Bertz CT molecular complexity index is 4380. The Morgan fingerprint density at radius 1 is 0.754 bits per heavy atom. The number of Topliss-reactive ketones (excluding diaryl/α,β-unsaturated/α-hetero) is 3. The average Bonchev–Trinajstić information content (AvgIpc) is 1.33. The summed E-state index contributed by atoms with van der Waals surface area (Å²) in [5.74, 6) is -9.27. The molecule has 2 bridgehead atoms. The smallest absolute Gasteiger partial charge is 0.407 e. The second kappa shape index (κ2) is 48.6. The number of methoxy groups -OCH3 is 2. The van der Waals surface area contributed by atoms with Crippen LogP contribution in [0.25, 0.3) is 33.4 Å². The molecule has 5 aromatic rings. The standard InChI is InChI=1S/C85H125N15O22/c1-52-16-10-9-11-17-53(2)68(112-7)47-61-22-19-57(6)85(111,122-61)78(107)81(108)98-30-14-12-18-65(98)82(109)120-69(48-66(101)54(3)43-56(5)76(105)77(106)75(104)55(4)42-52)62(86)44-58-20-23-64(70(45-58)113-8)100-49-60(95-97-100)50-119-84(110)91-29-35-117-39-41-118-40-37-115-33-26-72(103)90-28-34-116-38-36-114-32-25-71(102)89-27-13-15-31-99-80-73(79(87)92-51-93-80)74(96-99)59-21-24-67-63(46-59)94-83(88)121-67/h9-11,16-17,21,24,43,46,49,51-52,54-55,57-58,61-62,64-65,68-70,76-77,105-106,111H,12-15,18-20,22-23,25-42,44-45,47-48,50,86H2,1-8H3,(H2,88,94)(H,89,102)(H,90,103)(H,91,110)(H2,87,92,93)/b11-9?,16-10+,53-17?,56-43+/t52-,54-,55-,57-,58+,61+,62-,64+,65+,68+,69+,70-,76-,77+,85-/m1/s1. The van der Waals surface area contributed by atoms with Crippen molar-refractivity contribution in [3.8, 4) is 11.3 Å². The van der Waals surface area contributed by atoms with E-state index >= 15 is 0 Å². The topological polar surface area (TPSA) is 507 Å². The number of nitrogens with zero attached hydrogens (tertiary/aromatic N) is 9. The first-order valence-electron chi connectivity index (χ1n) is 42.4. The van der Waals surface area contributed by atoms with Gasteiger partial charge in [0.15, 0.2) is 17.0 Å². The molecule has 0 spiro atoms. The number of piperidine rings is 1. The van der Waals surface area contributed by atoms with Gasteiger partial charge in [0.2, 0.25) is 17.6 Å². The number of allylic oxidation sites excluding steroid dienone is 6. The first-order chi connectivity index (χ1) is 58.7. The predicted molar refractivity (Wildman–Crippen MR) is 446 cm³/mol. The number of nitrogens with two attached hydrogens (primary N) is 3. The van der Waals surface area contributed by atoms with Crippen molar-refractivity contribution in [1.82, 2.24) is 60.6 Å². The molecule has 15 atom stereocenters. The predicted octanol–water partition coefficient (Wildman–Crippen LogP) is 5.60. The fraction of sp³-hybridized carbons (Fsp3) is 0.647. The zero-order valence-corrected chi connectivity index (χ0v) is 71.4. The monoisotopic (exact) mass is 1710 g/mol. The SMILES string of the molecule is CO[C@H]1C[C@@H]2CC[C@@H](C)[C@@](O)(O2)C(=O)C(=O)N2CCCC[C@H]2C(=O)O[C@H]([C@H](N)C[C@@H]2CC[C@H](n3cc(COC(=O)NCCOCCOCCOCCC(=O)NCCOCCOCCC(=O)NCCCCn4nc(-c5ccc6oc(N)nc6c5)c5c(N)ncnc54)nn3)[C@H](OC)C2)CC(=O)[C@H](C)/C=C(\C)[C@@H](O)[C@@H](O)C(=O)[C@H](C)C[C@H](C)/C=C/C=CC=C1C. The molecule has 4 aromatic heterocycles. The molecule has 9 rings (SSSR count). The number of benzene rings is 1. The number of anilines is 2. The molecule has 12 N–H and O–H groups in total. The van der Waals surface area contributed by atoms with Crippen LogP contribution in [0.1, 0.15) is 156 Å². The minimum Gasteiger partial charge on any atom is -0.459 e. The highest BCUT2D eigenvalue weighted by atomic mass is 16.6. The molecule has 3 fully saturated rings. The number of nitrogen functional groups attached to an aromatic ring is 2. The molecule has 1 aromatic carbocycles. The van der Waals surface area contributed by atoms with Crippen molar-refractivity contribution in [3.63, 3.8) is 0 Å². The molecule has 2 saturated heterocycles. The van der Waals surface area contributed by atoms with E-state index in [1.54, 1.807) is 56.6 Å². The molecule has 37 heteroatoms. The second-order valence-electron chi connectivity index (χ2n) is 32.0. The lowest BCUT2D eigenvalue weighted by atomic mass is 9.79. The van der Waals surface area contributed by atoms with Crippen LogP contribution < -0.4 is 33.2 Å². The van der Waals surface area contributed by atoms with Crippen molar-refractivity contribution in [2.45, 2.75) is 218 Å². The lowest BCUT2D eigenvalue weighted by Gasteiger charge is -2.42. The van der Waals surface area contributed by atoms with Gasteiger partial charge in [-0.05, 0) is 132 Å². The first-order valence-corrected chi connectivity index (χ1v) is 42.4. The fourth-order valence-corrected chi connectivity index (χ4v) is 15.7. The third kappa shape index (κ3) is 28.3. The maximum absolute atomic E-state index is 14.7. The fourth-order valence-electron chi connectivity index (χ4n) is 15.7. The van der Waals surface area contributed by atoms with E-state index in [1.807, 2.05) is 56.4 Å². The minimum absolute atomic E-state index is 0.00273. The van der Waals surface area contributed by atoms with Gasteiger partial charge in [0, 0.05) is 102 Å². The number of unbranched alkanes of at least 4 members (excludes halogenated alkanes) is 1. The van der Waals surface area contributed by atoms with Crippen molar-refractivity contribution in [3.05, 3.63) is 84.0 Å². The van der Waals surface area contributed by atoms with Crippen LogP contribution in [0, 0.1) is 29.6 Å². The lowest BCUT2D eigenvalue weighted by molar-refractivity contribution is -0.265. The van der Waals surface area contributed by atoms with Crippen molar-refractivity contribution in [2.24, 2.45) is 35.3 Å². The number of alkyl carbamates (subject to hydrolysis) is 1. The number of hydrogen-bond donors (Lipinski definition) is 9. The largest absolute Gasteiger partial charge is 0.459 e. The number of aromatic nitrogens is 8. The third-order valence-corrected chi connectivity index (χ3v) is 22.7. The van der Waals surface area contributed by atoms with Gasteiger partial charge in [-0.3, -0.25) is 28.8 Å². The summed E-state index contributed by atoms with van der Waals surface area (Å²) in [5.41, 5.74) is 23.6. The Morgan fingerprint density at radius 3 is 2.16 bits per heavy atom. The van der Waals surface area contributed by atoms with E-state index in [2.05, 4.69) is 41.2 Å². The number of hydrogen-bond acceptors (Lipinski definition) is 31. The Morgan fingerprint density at radius 2 is 1.45 bits per heavy atom. The van der Waals surface area contributed by atoms with E-state index in [-0.39, 0.29) is 146 Å². The molecular formula is C85H125N15O22. The summed E-state index contributed by atoms with van der Waals surface area (Å²) in [5, 5.41) is 57.0. The van der Waals surface area contributed by atoms with Gasteiger partial charge in [0.1, 0.15) is 65.8 Å². The highest BCUT2D eigenvalue weighted by molar-refractivity contribution is 6.39. The number of ether oxygens (including phenoxy) is 10. The lowest BCUT2D eigenvalue weighted by Crippen LogP contribution is -2.61. The van der Waals surface area contributed by atoms with Gasteiger partial charge in [-0.15, -0.1) is 5.10 Å². The molecule has 3 aliphatic heterocycles. The number of oxazole rings is 1. The Hall–Kier alpha value is -9.38. The van der Waals surface area contributed by atoms with Gasteiger partial charge < -0.3 is 105 Å². The molecule has 7 heterocycles. The number of aryl methyl sites for hydroxylation is 1. The summed E-state index contributed by atoms with van der Waals surface area (Å²) in [6.45, 7) is 14.1. The third-order valence-electron chi connectivity index (χ3n) is 22.7. The van der Waals surface area contributed by atoms with Crippen LogP contribution in [-0.4, -0.2) is 268 Å². The highest BCUT2D eigenvalue weighted by Crippen LogP contribution is 2.40. The summed E-state index contributed by atoms with van der Waals surface area (Å²) in [4.78, 5) is 123. The molecule has 0 radical (unpaired) electrons. The number of amides is 4. The summed E-state index contributed by atoms with van der Waals surface area (Å²) in [7, 11) is 3.12. The van der Waals surface area contributed by atoms with Crippen molar-refractivity contribution >= 4 is 81.1 Å². The van der Waals surface area contributed by atoms with Gasteiger partial charge in [0.25, 0.3) is 17.7 Å². The molecule has 672 valence electrons. The Kier molecular flexibility index (Phi) is 38.4. The van der Waals surface area contributed by atoms with Gasteiger partial charge in [0.05, 0.1) is 102 Å². The Balaban J connectivity index is 0.628. The normalized spacial score (nSPS) is 26.3. The van der Waals surface area contributed by atoms with Crippen LogP contribution in [-0.2, 0) is 94.1 Å². The van der Waals surface area contributed by atoms with Crippen LogP contribution in [0.15, 0.2) is 82.7 Å². The summed E-state index contributed by atoms with van der Waals surface area (Å²) < 4.78 is 66.4. The maximum atomic E-state index is 14.7. The van der Waals surface area contributed by atoms with Crippen LogP contribution in [0.4, 0.5) is 16.6 Å². The van der Waals surface area contributed by atoms with E-state index in [1.165, 1.54) is 19.3 Å². The molecule has 4 amide bonds. The van der Waals surface area contributed by atoms with Crippen molar-refractivity contribution in [1.29, 1.82) is 0 Å². The highest BCUT2D eigenvalue weighted by Gasteiger charge is 2.53. The van der Waals surface area contributed by atoms with E-state index in [0.29, 0.717) is 136 Å². The molecule has 4 aliphatic rings. The zero-order valence-electron chi connectivity index (χ0n) is 71.4. The van der Waals surface area contributed by atoms with E-state index in [9.17, 15) is 53.7 Å². The number of aliphatic hydroxyl groups excluding tert-OH is 2. The summed E-state index contributed by atoms with van der Waals surface area (Å²) in [6.07, 6.45) is 12.7. The van der Waals surface area contributed by atoms with Gasteiger partial charge in [-0.1, -0.05) is 69.4 Å². The molecule has 37 nitrogen and oxygen atoms in total. The molecule has 0 unspecified atom stereocenters. The average molecular weight is 1710 g/mol. The number of cyclic esters (lactones) is 1. The molecule has 122 heavy (non-hydrogen) atoms. The number of rotatable bonds is 35. The van der Waals surface area contributed by atoms with Crippen molar-refractivity contribution < 1.29 is 105 Å². The zero-order chi connectivity index (χ0) is 87.8. The van der Waals surface area contributed by atoms with Gasteiger partial charge in [-0.2, -0.15) is 10.1 Å². The van der Waals surface area contributed by atoms with Crippen LogP contribution in [0.2, 0.25) is 0 Å². The first kappa shape index (κ1) is 96.4. The van der Waals surface area contributed by atoms with Crippen LogP contribution in [0.5, 0.6) is 0 Å². The van der Waals surface area contributed by atoms with Crippen molar-refractivity contribution in [2.75, 3.05) is 118 Å². The number of aliphatic hydroxyl groups is 3. The number of fused-ring (bicyclic) bond motifs is 5. The summed E-state index contributed by atoms with van der Waals surface area (Å²) >= 11 is 0. The number of nitrogens with one attached hydrogen (secondary N) is 3. The maximum Gasteiger partial charge on any atom is 0.407 e. The molecule has 1 saturated carbocycles. The summed E-state index contributed by atoms with van der Waals surface area (Å²) in [6, 6.07) is 3.00. The number of carbonyl (C=O) groups is 8. The van der Waals surface area contributed by atoms with E-state index in [4.69, 9.17) is 74.1 Å². The van der Waals surface area contributed by atoms with Gasteiger partial charge in [-0.25, -0.2) is 28.9 Å². The molecular weight excluding hydrogens is 1580 g/mol. The number of carbonyl (C=O) groups excluding carboxylic acids is 8. The number of ketones is 3. The van der Waals surface area contributed by atoms with E-state index < -0.39 is 114 Å². The Labute approximate surface area is 710 Å². The quantitative estimate of drug-likeness (QED) is 0.0103. The molecule has 1 aliphatic carbocycles. The second-order valence-corrected chi connectivity index (χ2v) is 32.0. The van der Waals surface area contributed by atoms with Crippen LogP contribution >= 0.6 is 0 Å². The number of esters is 1. The van der Waals surface area contributed by atoms with Gasteiger partial charge >= 0.3 is 12.1 Å².